The van der Waals surface area contributed by atoms with Crippen LogP contribution in [0.2, 0.25) is 0 Å². The summed E-state index contributed by atoms with van der Waals surface area (Å²) in [5.41, 5.74) is 10.2. The van der Waals surface area contributed by atoms with Gasteiger partial charge >= 0.3 is 0 Å². The molecule has 0 saturated carbocycles. The number of carbonyl (C=O) groups excluding carboxylic acids is 3. The van der Waals surface area contributed by atoms with Gasteiger partial charge in [0.05, 0.1) is 0 Å². The molecule has 2 rings (SSSR count). The third kappa shape index (κ3) is 10.4. The van der Waals surface area contributed by atoms with Crippen LogP contribution in [-0.2, 0) is 14.4 Å². The van der Waals surface area contributed by atoms with E-state index in [9.17, 15) is 14.4 Å². The van der Waals surface area contributed by atoms with Crippen LogP contribution in [0.15, 0.2) is 65.4 Å². The summed E-state index contributed by atoms with van der Waals surface area (Å²) >= 11 is 1.59. The standard InChI is InChI=1S/C27H37N3O3S/c1-20(2)9-7-10-21(3)11-8-14-24-15-16-34-19-25(27(33)30-29-24)28-26(32)17-23(18-31)22-12-5-4-6-13-22/h4-6,9,11-13,15,18,23,25,29H,7-8,10,14,16-17,19H2,1-3H3,(H,28,32)(H,30,33)/b21-11+,24-15-. The predicted octanol–water partition coefficient (Wildman–Crippen LogP) is 4.57. The highest BCUT2D eigenvalue weighted by Gasteiger charge is 2.24. The largest absolute Gasteiger partial charge is 0.343 e. The summed E-state index contributed by atoms with van der Waals surface area (Å²) in [6.45, 7) is 6.38. The van der Waals surface area contributed by atoms with Gasteiger partial charge in [0, 0.05) is 29.5 Å². The molecule has 0 spiro atoms. The lowest BCUT2D eigenvalue weighted by Gasteiger charge is -2.19. The molecule has 0 aliphatic carbocycles. The Labute approximate surface area is 207 Å². The van der Waals surface area contributed by atoms with Crippen molar-refractivity contribution in [3.63, 3.8) is 0 Å². The van der Waals surface area contributed by atoms with Crippen LogP contribution in [0.4, 0.5) is 0 Å². The van der Waals surface area contributed by atoms with Gasteiger partial charge in [-0.1, -0.05) is 59.7 Å². The van der Waals surface area contributed by atoms with E-state index in [0.717, 1.165) is 49.0 Å². The molecule has 0 saturated heterocycles. The number of amides is 2. The lowest BCUT2D eigenvalue weighted by Crippen LogP contribution is -2.51. The highest BCUT2D eigenvalue weighted by Crippen LogP contribution is 2.17. The molecule has 6 nitrogen and oxygen atoms in total. The van der Waals surface area contributed by atoms with Gasteiger partial charge in [-0.25, -0.2) is 0 Å². The third-order valence-corrected chi connectivity index (χ3v) is 6.50. The van der Waals surface area contributed by atoms with Crippen molar-refractivity contribution in [3.8, 4) is 0 Å². The molecular formula is C27H37N3O3S. The van der Waals surface area contributed by atoms with E-state index >= 15 is 0 Å². The van der Waals surface area contributed by atoms with E-state index in [4.69, 9.17) is 0 Å². The number of rotatable bonds is 11. The van der Waals surface area contributed by atoms with Gasteiger partial charge in [-0.3, -0.25) is 15.0 Å². The quantitative estimate of drug-likeness (QED) is 0.317. The fourth-order valence-electron chi connectivity index (χ4n) is 3.54. The topological polar surface area (TPSA) is 87.3 Å². The molecule has 1 aliphatic heterocycles. The Bertz CT molecular complexity index is 905. The van der Waals surface area contributed by atoms with Crippen LogP contribution >= 0.6 is 11.8 Å². The zero-order chi connectivity index (χ0) is 24.8. The van der Waals surface area contributed by atoms with Crippen molar-refractivity contribution in [2.45, 2.75) is 64.8 Å². The smallest absolute Gasteiger partial charge is 0.261 e. The van der Waals surface area contributed by atoms with Crippen LogP contribution in [0.25, 0.3) is 0 Å². The fraction of sp³-hybridized carbons (Fsp3) is 0.444. The van der Waals surface area contributed by atoms with E-state index in [2.05, 4.69) is 55.2 Å². The Hall–Kier alpha value is -2.80. The first-order chi connectivity index (χ1) is 16.4. The summed E-state index contributed by atoms with van der Waals surface area (Å²) in [6.07, 6.45) is 11.2. The molecule has 7 heteroatoms. The zero-order valence-corrected chi connectivity index (χ0v) is 21.3. The molecule has 2 unspecified atom stereocenters. The molecule has 2 atom stereocenters. The van der Waals surface area contributed by atoms with Crippen molar-refractivity contribution < 1.29 is 14.4 Å². The Kier molecular flexibility index (Phi) is 12.2. The average molecular weight is 484 g/mol. The van der Waals surface area contributed by atoms with Gasteiger partial charge in [0.25, 0.3) is 5.91 Å². The predicted molar refractivity (Wildman–Crippen MR) is 140 cm³/mol. The fourth-order valence-corrected chi connectivity index (χ4v) is 4.46. The third-order valence-electron chi connectivity index (χ3n) is 5.53. The second-order valence-corrected chi connectivity index (χ2v) is 9.84. The number of benzene rings is 1. The molecule has 0 radical (unpaired) electrons. The van der Waals surface area contributed by atoms with E-state index in [1.807, 2.05) is 30.3 Å². The molecular weight excluding hydrogens is 446 g/mol. The summed E-state index contributed by atoms with van der Waals surface area (Å²) in [5, 5.41) is 2.79. The van der Waals surface area contributed by atoms with Crippen molar-refractivity contribution in [2.24, 2.45) is 0 Å². The zero-order valence-electron chi connectivity index (χ0n) is 20.4. The van der Waals surface area contributed by atoms with Crippen molar-refractivity contribution in [3.05, 3.63) is 71.0 Å². The molecule has 184 valence electrons. The van der Waals surface area contributed by atoms with Gasteiger partial charge in [-0.2, -0.15) is 11.8 Å². The Morgan fingerprint density at radius 1 is 1.15 bits per heavy atom. The highest BCUT2D eigenvalue weighted by molar-refractivity contribution is 7.99. The van der Waals surface area contributed by atoms with Crippen molar-refractivity contribution >= 4 is 29.9 Å². The van der Waals surface area contributed by atoms with Crippen LogP contribution in [0, 0.1) is 0 Å². The van der Waals surface area contributed by atoms with Crippen LogP contribution < -0.4 is 16.2 Å². The minimum atomic E-state index is -0.668. The number of aldehydes is 1. The first kappa shape index (κ1) is 27.4. The lowest BCUT2D eigenvalue weighted by molar-refractivity contribution is -0.129. The number of allylic oxidation sites excluding steroid dienone is 5. The molecule has 1 aromatic carbocycles. The number of carbonyl (C=O) groups is 3. The summed E-state index contributed by atoms with van der Waals surface area (Å²) in [4.78, 5) is 36.7. The molecule has 2 amide bonds. The van der Waals surface area contributed by atoms with Gasteiger partial charge in [-0.15, -0.1) is 0 Å². The Balaban J connectivity index is 1.82. The van der Waals surface area contributed by atoms with Crippen LogP contribution in [0.5, 0.6) is 0 Å². The summed E-state index contributed by atoms with van der Waals surface area (Å²) < 4.78 is 0. The first-order valence-corrected chi connectivity index (χ1v) is 13.0. The van der Waals surface area contributed by atoms with E-state index in [1.165, 1.54) is 11.1 Å². The minimum absolute atomic E-state index is 0.0121. The van der Waals surface area contributed by atoms with Crippen molar-refractivity contribution in [1.29, 1.82) is 0 Å². The van der Waals surface area contributed by atoms with Crippen LogP contribution in [0.3, 0.4) is 0 Å². The number of nitrogens with one attached hydrogen (secondary N) is 3. The number of hydrogen-bond donors (Lipinski definition) is 3. The van der Waals surface area contributed by atoms with Gasteiger partial charge in [0.15, 0.2) is 0 Å². The number of hydrazine groups is 1. The Morgan fingerprint density at radius 2 is 1.91 bits per heavy atom. The molecule has 1 heterocycles. The van der Waals surface area contributed by atoms with Gasteiger partial charge < -0.3 is 15.5 Å². The normalized spacial score (nSPS) is 19.1. The van der Waals surface area contributed by atoms with E-state index in [0.29, 0.717) is 5.75 Å². The molecule has 0 fully saturated rings. The second-order valence-electron chi connectivity index (χ2n) is 8.77. The maximum atomic E-state index is 12.7. The molecule has 34 heavy (non-hydrogen) atoms. The van der Waals surface area contributed by atoms with Crippen molar-refractivity contribution in [1.82, 2.24) is 16.2 Å². The minimum Gasteiger partial charge on any atom is -0.343 e. The monoisotopic (exact) mass is 483 g/mol. The number of hydrogen-bond acceptors (Lipinski definition) is 5. The van der Waals surface area contributed by atoms with E-state index < -0.39 is 12.0 Å². The van der Waals surface area contributed by atoms with Crippen LogP contribution in [0.1, 0.15) is 64.4 Å². The van der Waals surface area contributed by atoms with E-state index in [-0.39, 0.29) is 18.2 Å². The first-order valence-electron chi connectivity index (χ1n) is 11.8. The van der Waals surface area contributed by atoms with Gasteiger partial charge in [0.2, 0.25) is 5.91 Å². The molecule has 3 N–H and O–H groups in total. The number of thioether (sulfide) groups is 1. The SMILES string of the molecule is CC(C)=CCC/C(C)=C/CC/C1=C/CSCC(NC(=O)CC(C=O)c2ccccc2)C(=O)NN1. The van der Waals surface area contributed by atoms with Crippen molar-refractivity contribution in [2.75, 3.05) is 11.5 Å². The average Bonchev–Trinajstić information content (AvgIpc) is 2.89. The molecule has 0 bridgehead atoms. The molecule has 1 aromatic rings. The Morgan fingerprint density at radius 3 is 2.62 bits per heavy atom. The summed E-state index contributed by atoms with van der Waals surface area (Å²) in [7, 11) is 0. The maximum Gasteiger partial charge on any atom is 0.261 e. The van der Waals surface area contributed by atoms with Crippen LogP contribution in [-0.4, -0.2) is 35.6 Å². The second kappa shape index (κ2) is 15.2. The summed E-state index contributed by atoms with van der Waals surface area (Å²) in [5.74, 6) is 0.0720. The summed E-state index contributed by atoms with van der Waals surface area (Å²) in [6, 6.07) is 8.52. The maximum absolute atomic E-state index is 12.7. The lowest BCUT2D eigenvalue weighted by atomic mass is 9.97. The molecule has 1 aliphatic rings. The van der Waals surface area contributed by atoms with E-state index in [1.54, 1.807) is 11.8 Å². The highest BCUT2D eigenvalue weighted by atomic mass is 32.2. The van der Waals surface area contributed by atoms with Gasteiger partial charge in [0.1, 0.15) is 12.3 Å². The molecule has 0 aromatic heterocycles. The van der Waals surface area contributed by atoms with Gasteiger partial charge in [-0.05, 0) is 52.0 Å².